The van der Waals surface area contributed by atoms with Crippen molar-refractivity contribution in [1.82, 2.24) is 0 Å². The van der Waals surface area contributed by atoms with E-state index in [1.54, 1.807) is 12.1 Å². The highest BCUT2D eigenvalue weighted by Crippen LogP contribution is 2.11. The van der Waals surface area contributed by atoms with Crippen LogP contribution in [0.25, 0.3) is 0 Å². The van der Waals surface area contributed by atoms with Crippen LogP contribution in [0.3, 0.4) is 0 Å². The van der Waals surface area contributed by atoms with Crippen LogP contribution in [0.15, 0.2) is 24.3 Å². The molecule has 5 heteroatoms. The third kappa shape index (κ3) is 4.65. The quantitative estimate of drug-likeness (QED) is 0.721. The molecule has 17 heavy (non-hydrogen) atoms. The predicted octanol–water partition coefficient (Wildman–Crippen LogP) is 1.45. The summed E-state index contributed by atoms with van der Waals surface area (Å²) in [5.41, 5.74) is 6.17. The Balaban J connectivity index is 2.59. The first-order valence-corrected chi connectivity index (χ1v) is 5.38. The van der Waals surface area contributed by atoms with Gasteiger partial charge in [0.05, 0.1) is 5.56 Å². The zero-order chi connectivity index (χ0) is 12.8. The van der Waals surface area contributed by atoms with E-state index in [0.717, 1.165) is 0 Å². The molecule has 0 bridgehead atoms. The lowest BCUT2D eigenvalue weighted by Gasteiger charge is -2.07. The van der Waals surface area contributed by atoms with Crippen molar-refractivity contribution in [2.75, 3.05) is 5.32 Å². The summed E-state index contributed by atoms with van der Waals surface area (Å²) in [6.07, 6.45) is 0.930. The van der Waals surface area contributed by atoms with Crippen LogP contribution in [-0.4, -0.2) is 23.0 Å². The van der Waals surface area contributed by atoms with Gasteiger partial charge in [-0.1, -0.05) is 6.07 Å². The van der Waals surface area contributed by atoms with Crippen LogP contribution in [0.2, 0.25) is 0 Å². The summed E-state index contributed by atoms with van der Waals surface area (Å²) in [6.45, 7) is 1.83. The van der Waals surface area contributed by atoms with E-state index in [1.807, 2.05) is 6.92 Å². The number of amides is 1. The highest BCUT2D eigenvalue weighted by atomic mass is 16.4. The molecule has 1 aromatic rings. The Hall–Kier alpha value is -1.88. The van der Waals surface area contributed by atoms with Crippen LogP contribution < -0.4 is 11.1 Å². The van der Waals surface area contributed by atoms with E-state index in [4.69, 9.17) is 10.8 Å². The normalized spacial score (nSPS) is 11.9. The smallest absolute Gasteiger partial charge is 0.335 e. The molecule has 4 N–H and O–H groups in total. The fraction of sp³-hybridized carbons (Fsp3) is 0.333. The molecule has 0 aliphatic heterocycles. The molecule has 0 radical (unpaired) electrons. The SMILES string of the molecule is CC(N)CCC(=O)Nc1cccc(C(=O)O)c1. The Labute approximate surface area is 99.6 Å². The summed E-state index contributed by atoms with van der Waals surface area (Å²) >= 11 is 0. The maximum Gasteiger partial charge on any atom is 0.335 e. The molecule has 0 aliphatic carbocycles. The highest BCUT2D eigenvalue weighted by Gasteiger charge is 2.06. The summed E-state index contributed by atoms with van der Waals surface area (Å²) in [4.78, 5) is 22.2. The van der Waals surface area contributed by atoms with Crippen LogP contribution in [0.1, 0.15) is 30.1 Å². The number of hydrogen-bond donors (Lipinski definition) is 3. The maximum atomic E-state index is 11.5. The number of anilines is 1. The topological polar surface area (TPSA) is 92.4 Å². The molecule has 1 amide bonds. The van der Waals surface area contributed by atoms with Crippen molar-refractivity contribution >= 4 is 17.6 Å². The lowest BCUT2D eigenvalue weighted by atomic mass is 10.1. The zero-order valence-corrected chi connectivity index (χ0v) is 9.64. The average Bonchev–Trinajstić information content (AvgIpc) is 2.26. The van der Waals surface area contributed by atoms with Crippen molar-refractivity contribution < 1.29 is 14.7 Å². The van der Waals surface area contributed by atoms with Gasteiger partial charge in [0.2, 0.25) is 5.91 Å². The lowest BCUT2D eigenvalue weighted by Crippen LogP contribution is -2.19. The molecule has 0 heterocycles. The van der Waals surface area contributed by atoms with Gasteiger partial charge in [-0.3, -0.25) is 4.79 Å². The van der Waals surface area contributed by atoms with E-state index in [0.29, 0.717) is 18.5 Å². The zero-order valence-electron chi connectivity index (χ0n) is 9.64. The monoisotopic (exact) mass is 236 g/mol. The number of nitrogens with two attached hydrogens (primary N) is 1. The van der Waals surface area contributed by atoms with Crippen molar-refractivity contribution in [2.24, 2.45) is 5.73 Å². The van der Waals surface area contributed by atoms with Crippen molar-refractivity contribution in [3.63, 3.8) is 0 Å². The van der Waals surface area contributed by atoms with Gasteiger partial charge in [-0.05, 0) is 31.5 Å². The van der Waals surface area contributed by atoms with Gasteiger partial charge in [0.1, 0.15) is 0 Å². The van der Waals surface area contributed by atoms with Gasteiger partial charge in [-0.15, -0.1) is 0 Å². The Kier molecular flexibility index (Phi) is 4.66. The molecule has 1 atom stereocenters. The molecule has 0 saturated carbocycles. The van der Waals surface area contributed by atoms with Crippen LogP contribution in [-0.2, 0) is 4.79 Å². The van der Waals surface area contributed by atoms with E-state index >= 15 is 0 Å². The standard InChI is InChI=1S/C12H16N2O3/c1-8(13)5-6-11(15)14-10-4-2-3-9(7-10)12(16)17/h2-4,7-8H,5-6,13H2,1H3,(H,14,15)(H,16,17). The molecule has 1 unspecified atom stereocenters. The van der Waals surface area contributed by atoms with Gasteiger partial charge < -0.3 is 16.2 Å². The molecule has 0 fully saturated rings. The van der Waals surface area contributed by atoms with Crippen LogP contribution in [0, 0.1) is 0 Å². The Morgan fingerprint density at radius 3 is 2.76 bits per heavy atom. The van der Waals surface area contributed by atoms with Crippen molar-refractivity contribution in [3.8, 4) is 0 Å². The molecule has 5 nitrogen and oxygen atoms in total. The van der Waals surface area contributed by atoms with Gasteiger partial charge in [0, 0.05) is 18.2 Å². The second-order valence-electron chi connectivity index (χ2n) is 3.95. The second-order valence-corrected chi connectivity index (χ2v) is 3.95. The number of carboxylic acids is 1. The largest absolute Gasteiger partial charge is 0.478 e. The number of hydrogen-bond acceptors (Lipinski definition) is 3. The molecular weight excluding hydrogens is 220 g/mol. The maximum absolute atomic E-state index is 11.5. The minimum absolute atomic E-state index is 0.0221. The third-order valence-electron chi connectivity index (χ3n) is 2.22. The van der Waals surface area contributed by atoms with Crippen molar-refractivity contribution in [3.05, 3.63) is 29.8 Å². The first-order valence-electron chi connectivity index (χ1n) is 5.38. The van der Waals surface area contributed by atoms with Crippen LogP contribution >= 0.6 is 0 Å². The number of carbonyl (C=O) groups is 2. The number of rotatable bonds is 5. The van der Waals surface area contributed by atoms with Gasteiger partial charge >= 0.3 is 5.97 Å². The third-order valence-corrected chi connectivity index (χ3v) is 2.22. The number of benzene rings is 1. The highest BCUT2D eigenvalue weighted by molar-refractivity contribution is 5.93. The van der Waals surface area contributed by atoms with E-state index < -0.39 is 5.97 Å². The first-order chi connectivity index (χ1) is 7.99. The van der Waals surface area contributed by atoms with Crippen molar-refractivity contribution in [1.29, 1.82) is 0 Å². The minimum Gasteiger partial charge on any atom is -0.478 e. The number of nitrogens with one attached hydrogen (secondary N) is 1. The molecule has 0 aliphatic rings. The average molecular weight is 236 g/mol. The fourth-order valence-electron chi connectivity index (χ4n) is 1.31. The molecule has 0 aromatic heterocycles. The molecular formula is C12H16N2O3. The Bertz CT molecular complexity index is 416. The predicted molar refractivity (Wildman–Crippen MR) is 64.9 cm³/mol. The summed E-state index contributed by atoms with van der Waals surface area (Å²) < 4.78 is 0. The molecule has 0 spiro atoms. The number of carboxylic acid groups (broad SMARTS) is 1. The fourth-order valence-corrected chi connectivity index (χ4v) is 1.31. The summed E-state index contributed by atoms with van der Waals surface area (Å²) in [6, 6.07) is 6.11. The molecule has 0 saturated heterocycles. The molecule has 1 rings (SSSR count). The summed E-state index contributed by atoms with van der Waals surface area (Å²) in [5.74, 6) is -1.18. The Morgan fingerprint density at radius 1 is 1.47 bits per heavy atom. The van der Waals surface area contributed by atoms with E-state index in [9.17, 15) is 9.59 Å². The van der Waals surface area contributed by atoms with Gasteiger partial charge in [0.15, 0.2) is 0 Å². The number of carbonyl (C=O) groups excluding carboxylic acids is 1. The van der Waals surface area contributed by atoms with E-state index in [-0.39, 0.29) is 17.5 Å². The number of aromatic carboxylic acids is 1. The van der Waals surface area contributed by atoms with E-state index in [1.165, 1.54) is 12.1 Å². The minimum atomic E-state index is -1.02. The second kappa shape index (κ2) is 6.00. The lowest BCUT2D eigenvalue weighted by molar-refractivity contribution is -0.116. The molecule has 92 valence electrons. The van der Waals surface area contributed by atoms with Crippen molar-refractivity contribution in [2.45, 2.75) is 25.8 Å². The van der Waals surface area contributed by atoms with E-state index in [2.05, 4.69) is 5.32 Å². The van der Waals surface area contributed by atoms with Gasteiger partial charge in [-0.2, -0.15) is 0 Å². The van der Waals surface area contributed by atoms with Crippen LogP contribution in [0.5, 0.6) is 0 Å². The van der Waals surface area contributed by atoms with Crippen LogP contribution in [0.4, 0.5) is 5.69 Å². The first kappa shape index (κ1) is 13.2. The van der Waals surface area contributed by atoms with Gasteiger partial charge in [0.25, 0.3) is 0 Å². The molecule has 1 aromatic carbocycles. The Morgan fingerprint density at radius 2 is 2.18 bits per heavy atom. The summed E-state index contributed by atoms with van der Waals surface area (Å²) in [7, 11) is 0. The van der Waals surface area contributed by atoms with Gasteiger partial charge in [-0.25, -0.2) is 4.79 Å². The summed E-state index contributed by atoms with van der Waals surface area (Å²) in [5, 5.41) is 11.4.